The fourth-order valence-corrected chi connectivity index (χ4v) is 1.53. The van der Waals surface area contributed by atoms with Crippen molar-refractivity contribution in [3.63, 3.8) is 0 Å². The number of nitrogens with zero attached hydrogens (tertiary/aromatic N) is 1. The Balaban J connectivity index is 2.75. The highest BCUT2D eigenvalue weighted by Gasteiger charge is 2.14. The molecule has 5 heteroatoms. The number of aliphatic hydroxyl groups excluding tert-OH is 1. The van der Waals surface area contributed by atoms with Crippen LogP contribution in [0.4, 0.5) is 0 Å². The Bertz CT molecular complexity index is 392. The average molecular weight is 239 g/mol. The van der Waals surface area contributed by atoms with Gasteiger partial charge in [0, 0.05) is 12.6 Å². The third-order valence-electron chi connectivity index (χ3n) is 2.51. The van der Waals surface area contributed by atoms with Gasteiger partial charge in [0.25, 0.3) is 0 Å². The van der Waals surface area contributed by atoms with E-state index in [-0.39, 0.29) is 36.0 Å². The monoisotopic (exact) mass is 239 g/mol. The SMILES string of the molecule is CCN(CCO)CC(=O)c1ccc(O)cc1O. The molecular formula is C12H17NO4. The van der Waals surface area contributed by atoms with E-state index in [0.29, 0.717) is 13.1 Å². The predicted molar refractivity (Wildman–Crippen MR) is 63.3 cm³/mol. The van der Waals surface area contributed by atoms with Crippen LogP contribution in [0, 0.1) is 0 Å². The van der Waals surface area contributed by atoms with E-state index in [1.807, 2.05) is 6.92 Å². The van der Waals surface area contributed by atoms with Gasteiger partial charge >= 0.3 is 0 Å². The number of benzene rings is 1. The molecule has 5 nitrogen and oxygen atoms in total. The van der Waals surface area contributed by atoms with Crippen molar-refractivity contribution in [3.8, 4) is 11.5 Å². The van der Waals surface area contributed by atoms with Gasteiger partial charge in [0.1, 0.15) is 11.5 Å². The molecule has 0 heterocycles. The highest BCUT2D eigenvalue weighted by atomic mass is 16.3. The second-order valence-corrected chi connectivity index (χ2v) is 3.72. The van der Waals surface area contributed by atoms with Gasteiger partial charge in [-0.25, -0.2) is 0 Å². The molecule has 0 aromatic heterocycles. The van der Waals surface area contributed by atoms with Crippen LogP contribution in [0.25, 0.3) is 0 Å². The van der Waals surface area contributed by atoms with E-state index >= 15 is 0 Å². The van der Waals surface area contributed by atoms with Crippen LogP contribution in [0.5, 0.6) is 11.5 Å². The molecule has 1 aromatic rings. The lowest BCUT2D eigenvalue weighted by atomic mass is 10.1. The molecule has 0 unspecified atom stereocenters. The van der Waals surface area contributed by atoms with Crippen LogP contribution in [-0.4, -0.2) is 52.2 Å². The zero-order valence-electron chi connectivity index (χ0n) is 9.76. The smallest absolute Gasteiger partial charge is 0.180 e. The second-order valence-electron chi connectivity index (χ2n) is 3.72. The van der Waals surface area contributed by atoms with Gasteiger partial charge < -0.3 is 15.3 Å². The van der Waals surface area contributed by atoms with E-state index in [1.54, 1.807) is 4.90 Å². The number of aliphatic hydroxyl groups is 1. The van der Waals surface area contributed by atoms with Crippen molar-refractivity contribution >= 4 is 5.78 Å². The number of phenols is 2. The fourth-order valence-electron chi connectivity index (χ4n) is 1.53. The van der Waals surface area contributed by atoms with Crippen molar-refractivity contribution in [1.29, 1.82) is 0 Å². The highest BCUT2D eigenvalue weighted by Crippen LogP contribution is 2.23. The molecule has 0 aliphatic carbocycles. The summed E-state index contributed by atoms with van der Waals surface area (Å²) in [6, 6.07) is 3.88. The molecule has 0 fully saturated rings. The lowest BCUT2D eigenvalue weighted by Gasteiger charge is -2.18. The molecule has 0 amide bonds. The minimum Gasteiger partial charge on any atom is -0.508 e. The predicted octanol–water partition coefficient (Wildman–Crippen LogP) is 0.595. The molecule has 94 valence electrons. The van der Waals surface area contributed by atoms with Crippen LogP contribution in [0.1, 0.15) is 17.3 Å². The zero-order valence-corrected chi connectivity index (χ0v) is 9.76. The quantitative estimate of drug-likeness (QED) is 0.633. The molecule has 3 N–H and O–H groups in total. The number of carbonyl (C=O) groups is 1. The van der Waals surface area contributed by atoms with Crippen LogP contribution >= 0.6 is 0 Å². The lowest BCUT2D eigenvalue weighted by molar-refractivity contribution is 0.0917. The van der Waals surface area contributed by atoms with Gasteiger partial charge in [-0.2, -0.15) is 0 Å². The molecule has 17 heavy (non-hydrogen) atoms. The molecule has 0 aliphatic heterocycles. The number of hydrogen-bond acceptors (Lipinski definition) is 5. The molecule has 1 aromatic carbocycles. The van der Waals surface area contributed by atoms with Gasteiger partial charge in [0.2, 0.25) is 0 Å². The Labute approximate surface area is 99.9 Å². The topological polar surface area (TPSA) is 81.0 Å². The summed E-state index contributed by atoms with van der Waals surface area (Å²) in [6.45, 7) is 3.07. The molecule has 1 rings (SSSR count). The summed E-state index contributed by atoms with van der Waals surface area (Å²) in [5.74, 6) is -0.547. The number of ketones is 1. The summed E-state index contributed by atoms with van der Waals surface area (Å²) in [5.41, 5.74) is 0.180. The molecule has 0 bridgehead atoms. The highest BCUT2D eigenvalue weighted by molar-refractivity contribution is 6.00. The first-order valence-corrected chi connectivity index (χ1v) is 5.46. The molecule has 0 spiro atoms. The molecule has 0 radical (unpaired) electrons. The van der Waals surface area contributed by atoms with E-state index in [0.717, 1.165) is 6.07 Å². The number of rotatable bonds is 6. The Morgan fingerprint density at radius 1 is 1.35 bits per heavy atom. The van der Waals surface area contributed by atoms with Crippen molar-refractivity contribution in [2.45, 2.75) is 6.92 Å². The van der Waals surface area contributed by atoms with Crippen LogP contribution in [-0.2, 0) is 0 Å². The van der Waals surface area contributed by atoms with E-state index in [4.69, 9.17) is 10.2 Å². The van der Waals surface area contributed by atoms with E-state index in [9.17, 15) is 9.90 Å². The molecule has 0 saturated carbocycles. The third-order valence-corrected chi connectivity index (χ3v) is 2.51. The Hall–Kier alpha value is -1.59. The standard InChI is InChI=1S/C12H17NO4/c1-2-13(5-6-14)8-12(17)10-4-3-9(15)7-11(10)16/h3-4,7,14-16H,2,5-6,8H2,1H3. The Kier molecular flexibility index (Phi) is 4.93. The van der Waals surface area contributed by atoms with Crippen LogP contribution < -0.4 is 0 Å². The first-order valence-electron chi connectivity index (χ1n) is 5.46. The number of hydrogen-bond donors (Lipinski definition) is 3. The molecule has 0 saturated heterocycles. The van der Waals surface area contributed by atoms with Gasteiger partial charge in [-0.1, -0.05) is 6.92 Å². The number of aromatic hydroxyl groups is 2. The first-order chi connectivity index (χ1) is 8.08. The normalized spacial score (nSPS) is 10.8. The van der Waals surface area contributed by atoms with Crippen LogP contribution in [0.2, 0.25) is 0 Å². The second kappa shape index (κ2) is 6.22. The van der Waals surface area contributed by atoms with Crippen molar-refractivity contribution in [2.75, 3.05) is 26.2 Å². The van der Waals surface area contributed by atoms with E-state index in [2.05, 4.69) is 0 Å². The molecule has 0 aliphatic rings. The van der Waals surface area contributed by atoms with Gasteiger partial charge in [-0.15, -0.1) is 0 Å². The summed E-state index contributed by atoms with van der Waals surface area (Å²) < 4.78 is 0. The third kappa shape index (κ3) is 3.72. The maximum atomic E-state index is 11.9. The van der Waals surface area contributed by atoms with Gasteiger partial charge in [-0.3, -0.25) is 9.69 Å². The van der Waals surface area contributed by atoms with Gasteiger partial charge in [0.15, 0.2) is 5.78 Å². The minimum absolute atomic E-state index is 0.0112. The van der Waals surface area contributed by atoms with Crippen LogP contribution in [0.3, 0.4) is 0 Å². The maximum absolute atomic E-state index is 11.9. The van der Waals surface area contributed by atoms with Crippen LogP contribution in [0.15, 0.2) is 18.2 Å². The Morgan fingerprint density at radius 2 is 2.06 bits per heavy atom. The number of likely N-dealkylation sites (N-methyl/N-ethyl adjacent to an activating group) is 1. The molecular weight excluding hydrogens is 222 g/mol. The fraction of sp³-hybridized carbons (Fsp3) is 0.417. The largest absolute Gasteiger partial charge is 0.508 e. The number of carbonyl (C=O) groups excluding carboxylic acids is 1. The summed E-state index contributed by atoms with van der Waals surface area (Å²) in [5, 5.41) is 27.5. The lowest BCUT2D eigenvalue weighted by Crippen LogP contribution is -2.32. The number of phenolic OH excluding ortho intramolecular Hbond substituents is 2. The van der Waals surface area contributed by atoms with Crippen molar-refractivity contribution in [1.82, 2.24) is 4.90 Å². The summed E-state index contributed by atoms with van der Waals surface area (Å²) in [4.78, 5) is 13.6. The Morgan fingerprint density at radius 3 is 2.59 bits per heavy atom. The summed E-state index contributed by atoms with van der Waals surface area (Å²) >= 11 is 0. The van der Waals surface area contributed by atoms with Crippen molar-refractivity contribution in [2.24, 2.45) is 0 Å². The maximum Gasteiger partial charge on any atom is 0.180 e. The van der Waals surface area contributed by atoms with Gasteiger partial charge in [-0.05, 0) is 18.7 Å². The van der Waals surface area contributed by atoms with Crippen molar-refractivity contribution < 1.29 is 20.1 Å². The van der Waals surface area contributed by atoms with E-state index < -0.39 is 0 Å². The number of Topliss-reactive ketones (excluding diaryl/α,β-unsaturated/α-hetero) is 1. The summed E-state index contributed by atoms with van der Waals surface area (Å²) in [6.07, 6.45) is 0. The van der Waals surface area contributed by atoms with Gasteiger partial charge in [0.05, 0.1) is 18.7 Å². The zero-order chi connectivity index (χ0) is 12.8. The molecule has 0 atom stereocenters. The van der Waals surface area contributed by atoms with E-state index in [1.165, 1.54) is 12.1 Å². The average Bonchev–Trinajstić information content (AvgIpc) is 2.28. The first kappa shape index (κ1) is 13.5. The summed E-state index contributed by atoms with van der Waals surface area (Å²) in [7, 11) is 0. The van der Waals surface area contributed by atoms with Crippen molar-refractivity contribution in [3.05, 3.63) is 23.8 Å². The minimum atomic E-state index is -0.238.